The number of hydrogen-bond acceptors (Lipinski definition) is 3. The molecule has 5 heteroatoms. The minimum atomic E-state index is -0.272. The third-order valence-electron chi connectivity index (χ3n) is 3.11. The molecular weight excluding hydrogens is 269 g/mol. The maximum absolute atomic E-state index is 12.8. The van der Waals surface area contributed by atoms with Crippen LogP contribution in [0.5, 0.6) is 0 Å². The van der Waals surface area contributed by atoms with Crippen molar-refractivity contribution in [3.63, 3.8) is 0 Å². The Morgan fingerprint density at radius 1 is 1.24 bits per heavy atom. The zero-order valence-corrected chi connectivity index (χ0v) is 11.8. The SMILES string of the molecule is CN(CCC(=O)Nc1cccc(N)c1)c1ccc(F)cc1. The van der Waals surface area contributed by atoms with Gasteiger partial charge in [0.05, 0.1) is 0 Å². The van der Waals surface area contributed by atoms with Crippen LogP contribution in [0.15, 0.2) is 48.5 Å². The number of anilines is 3. The van der Waals surface area contributed by atoms with Gasteiger partial charge in [-0.25, -0.2) is 4.39 Å². The molecule has 0 bridgehead atoms. The maximum atomic E-state index is 12.8. The molecule has 0 aromatic heterocycles. The van der Waals surface area contributed by atoms with Gasteiger partial charge >= 0.3 is 0 Å². The highest BCUT2D eigenvalue weighted by atomic mass is 19.1. The van der Waals surface area contributed by atoms with Crippen molar-refractivity contribution in [3.8, 4) is 0 Å². The van der Waals surface area contributed by atoms with E-state index in [0.29, 0.717) is 24.3 Å². The maximum Gasteiger partial charge on any atom is 0.226 e. The van der Waals surface area contributed by atoms with E-state index in [9.17, 15) is 9.18 Å². The molecule has 0 heterocycles. The number of nitrogen functional groups attached to an aromatic ring is 1. The molecule has 2 aromatic carbocycles. The first-order valence-electron chi connectivity index (χ1n) is 6.67. The molecule has 0 aliphatic heterocycles. The number of amides is 1. The number of benzene rings is 2. The van der Waals surface area contributed by atoms with E-state index in [0.717, 1.165) is 5.69 Å². The highest BCUT2D eigenvalue weighted by Crippen LogP contribution is 2.14. The lowest BCUT2D eigenvalue weighted by Crippen LogP contribution is -2.23. The average molecular weight is 287 g/mol. The Hall–Kier alpha value is -2.56. The predicted molar refractivity (Wildman–Crippen MR) is 83.8 cm³/mol. The average Bonchev–Trinajstić information content (AvgIpc) is 2.45. The largest absolute Gasteiger partial charge is 0.399 e. The lowest BCUT2D eigenvalue weighted by Gasteiger charge is -2.19. The second kappa shape index (κ2) is 6.74. The first-order chi connectivity index (χ1) is 10.0. The molecule has 1 amide bonds. The monoisotopic (exact) mass is 287 g/mol. The third kappa shape index (κ3) is 4.49. The Morgan fingerprint density at radius 2 is 1.95 bits per heavy atom. The number of carbonyl (C=O) groups excluding carboxylic acids is 1. The third-order valence-corrected chi connectivity index (χ3v) is 3.11. The summed E-state index contributed by atoms with van der Waals surface area (Å²) >= 11 is 0. The van der Waals surface area contributed by atoms with Gasteiger partial charge < -0.3 is 16.0 Å². The molecule has 0 atom stereocenters. The second-order valence-corrected chi connectivity index (χ2v) is 4.82. The standard InChI is InChI=1S/C16H18FN3O/c1-20(15-7-5-12(17)6-8-15)10-9-16(21)19-14-4-2-3-13(18)11-14/h2-8,11H,9-10,18H2,1H3,(H,19,21). The zero-order chi connectivity index (χ0) is 15.2. The number of halogens is 1. The van der Waals surface area contributed by atoms with Crippen LogP contribution < -0.4 is 16.0 Å². The van der Waals surface area contributed by atoms with Gasteiger partial charge in [-0.05, 0) is 42.5 Å². The van der Waals surface area contributed by atoms with E-state index in [1.807, 2.05) is 11.9 Å². The Morgan fingerprint density at radius 3 is 2.62 bits per heavy atom. The van der Waals surface area contributed by atoms with E-state index >= 15 is 0 Å². The summed E-state index contributed by atoms with van der Waals surface area (Å²) in [7, 11) is 1.86. The molecule has 0 radical (unpaired) electrons. The summed E-state index contributed by atoms with van der Waals surface area (Å²) in [5.41, 5.74) is 7.82. The number of nitrogens with zero attached hydrogens (tertiary/aromatic N) is 1. The number of rotatable bonds is 5. The molecule has 21 heavy (non-hydrogen) atoms. The molecule has 0 fully saturated rings. The summed E-state index contributed by atoms with van der Waals surface area (Å²) in [6.07, 6.45) is 0.336. The molecule has 0 aliphatic rings. The highest BCUT2D eigenvalue weighted by Gasteiger charge is 2.06. The van der Waals surface area contributed by atoms with Gasteiger partial charge in [-0.1, -0.05) is 6.07 Å². The van der Waals surface area contributed by atoms with Crippen molar-refractivity contribution in [2.24, 2.45) is 0 Å². The summed E-state index contributed by atoms with van der Waals surface area (Å²) in [4.78, 5) is 13.8. The molecule has 0 unspecified atom stereocenters. The van der Waals surface area contributed by atoms with E-state index in [2.05, 4.69) is 5.32 Å². The summed E-state index contributed by atoms with van der Waals surface area (Å²) in [5.74, 6) is -0.360. The Labute approximate surface area is 123 Å². The van der Waals surface area contributed by atoms with Crippen molar-refractivity contribution in [3.05, 3.63) is 54.3 Å². The van der Waals surface area contributed by atoms with Crippen molar-refractivity contribution < 1.29 is 9.18 Å². The first kappa shape index (κ1) is 14.8. The normalized spacial score (nSPS) is 10.2. The van der Waals surface area contributed by atoms with Crippen LogP contribution in [0.1, 0.15) is 6.42 Å². The van der Waals surface area contributed by atoms with E-state index in [1.54, 1.807) is 36.4 Å². The lowest BCUT2D eigenvalue weighted by atomic mass is 10.2. The van der Waals surface area contributed by atoms with Crippen LogP contribution in [0.4, 0.5) is 21.5 Å². The van der Waals surface area contributed by atoms with Crippen LogP contribution in [-0.2, 0) is 4.79 Å². The molecule has 2 aromatic rings. The minimum absolute atomic E-state index is 0.0884. The van der Waals surface area contributed by atoms with E-state index in [1.165, 1.54) is 12.1 Å². The highest BCUT2D eigenvalue weighted by molar-refractivity contribution is 5.91. The molecule has 3 N–H and O–H groups in total. The van der Waals surface area contributed by atoms with Gasteiger partial charge in [0.25, 0.3) is 0 Å². The number of nitrogens with one attached hydrogen (secondary N) is 1. The van der Waals surface area contributed by atoms with Gasteiger partial charge in [-0.3, -0.25) is 4.79 Å². The van der Waals surface area contributed by atoms with Crippen molar-refractivity contribution in [1.29, 1.82) is 0 Å². The van der Waals surface area contributed by atoms with Gasteiger partial charge in [0, 0.05) is 37.1 Å². The van der Waals surface area contributed by atoms with Crippen molar-refractivity contribution >= 4 is 23.0 Å². The lowest BCUT2D eigenvalue weighted by molar-refractivity contribution is -0.116. The molecule has 0 saturated carbocycles. The Kier molecular flexibility index (Phi) is 4.77. The number of hydrogen-bond donors (Lipinski definition) is 2. The summed E-state index contributed by atoms with van der Waals surface area (Å²) < 4.78 is 12.8. The molecule has 110 valence electrons. The van der Waals surface area contributed by atoms with Crippen LogP contribution in [0.3, 0.4) is 0 Å². The number of nitrogens with two attached hydrogens (primary N) is 1. The van der Waals surface area contributed by atoms with Gasteiger partial charge in [0.2, 0.25) is 5.91 Å². The van der Waals surface area contributed by atoms with Crippen LogP contribution in [0, 0.1) is 5.82 Å². The van der Waals surface area contributed by atoms with Crippen LogP contribution >= 0.6 is 0 Å². The summed E-state index contributed by atoms with van der Waals surface area (Å²) in [5, 5.41) is 2.79. The quantitative estimate of drug-likeness (QED) is 0.831. The van der Waals surface area contributed by atoms with Crippen molar-refractivity contribution in [2.45, 2.75) is 6.42 Å². The topological polar surface area (TPSA) is 58.4 Å². The minimum Gasteiger partial charge on any atom is -0.399 e. The predicted octanol–water partition coefficient (Wildman–Crippen LogP) is 2.87. The van der Waals surface area contributed by atoms with Gasteiger partial charge in [0.15, 0.2) is 0 Å². The summed E-state index contributed by atoms with van der Waals surface area (Å²) in [6, 6.07) is 13.2. The smallest absolute Gasteiger partial charge is 0.226 e. The molecule has 2 rings (SSSR count). The van der Waals surface area contributed by atoms with Gasteiger partial charge in [-0.15, -0.1) is 0 Å². The van der Waals surface area contributed by atoms with Crippen molar-refractivity contribution in [2.75, 3.05) is 29.5 Å². The molecule has 0 spiro atoms. The fourth-order valence-electron chi connectivity index (χ4n) is 1.93. The molecule has 0 saturated heterocycles. The van der Waals surface area contributed by atoms with Gasteiger partial charge in [0.1, 0.15) is 5.82 Å². The Bertz CT molecular complexity index is 613. The molecular formula is C16H18FN3O. The summed E-state index contributed by atoms with van der Waals surface area (Å²) in [6.45, 7) is 0.541. The van der Waals surface area contributed by atoms with Crippen LogP contribution in [-0.4, -0.2) is 19.5 Å². The van der Waals surface area contributed by atoms with E-state index < -0.39 is 0 Å². The first-order valence-corrected chi connectivity index (χ1v) is 6.67. The second-order valence-electron chi connectivity index (χ2n) is 4.82. The van der Waals surface area contributed by atoms with E-state index in [4.69, 9.17) is 5.73 Å². The fraction of sp³-hybridized carbons (Fsp3) is 0.188. The molecule has 0 aliphatic carbocycles. The van der Waals surface area contributed by atoms with Crippen LogP contribution in [0.25, 0.3) is 0 Å². The van der Waals surface area contributed by atoms with E-state index in [-0.39, 0.29) is 11.7 Å². The zero-order valence-electron chi connectivity index (χ0n) is 11.8. The number of carbonyl (C=O) groups is 1. The van der Waals surface area contributed by atoms with Crippen molar-refractivity contribution in [1.82, 2.24) is 0 Å². The Balaban J connectivity index is 1.84. The van der Waals surface area contributed by atoms with Crippen LogP contribution in [0.2, 0.25) is 0 Å². The van der Waals surface area contributed by atoms with Gasteiger partial charge in [-0.2, -0.15) is 0 Å². The fourth-order valence-corrected chi connectivity index (χ4v) is 1.93. The molecule has 4 nitrogen and oxygen atoms in total.